The zero-order valence-electron chi connectivity index (χ0n) is 14.2. The standard InChI is InChI=1S/C17H38N2/c1-6-17(7-2)15-19(8-3)14-12-10-9-11-13-18-16(4)5/h16-18H,6-15H2,1-5H3. The minimum absolute atomic E-state index is 0.635. The van der Waals surface area contributed by atoms with E-state index in [2.05, 4.69) is 44.8 Å². The molecule has 2 nitrogen and oxygen atoms in total. The molecule has 19 heavy (non-hydrogen) atoms. The average Bonchev–Trinajstić information content (AvgIpc) is 2.40. The lowest BCUT2D eigenvalue weighted by molar-refractivity contribution is 0.229. The molecule has 0 aliphatic rings. The average molecular weight is 271 g/mol. The van der Waals surface area contributed by atoms with Crippen molar-refractivity contribution in [1.82, 2.24) is 10.2 Å². The van der Waals surface area contributed by atoms with Crippen molar-refractivity contribution in [2.75, 3.05) is 26.2 Å². The number of nitrogens with zero attached hydrogens (tertiary/aromatic N) is 1. The summed E-state index contributed by atoms with van der Waals surface area (Å²) in [5.74, 6) is 0.898. The first-order valence-electron chi connectivity index (χ1n) is 8.59. The summed E-state index contributed by atoms with van der Waals surface area (Å²) in [5.41, 5.74) is 0. The fraction of sp³-hybridized carbons (Fsp3) is 1.00. The molecule has 0 aliphatic carbocycles. The van der Waals surface area contributed by atoms with Crippen LogP contribution in [0, 0.1) is 5.92 Å². The molecule has 0 spiro atoms. The first-order valence-corrected chi connectivity index (χ1v) is 8.59. The van der Waals surface area contributed by atoms with Crippen LogP contribution in [-0.2, 0) is 0 Å². The van der Waals surface area contributed by atoms with Crippen molar-refractivity contribution in [1.29, 1.82) is 0 Å². The van der Waals surface area contributed by atoms with Crippen molar-refractivity contribution >= 4 is 0 Å². The van der Waals surface area contributed by atoms with Crippen LogP contribution in [0.3, 0.4) is 0 Å². The number of hydrogen-bond acceptors (Lipinski definition) is 2. The van der Waals surface area contributed by atoms with E-state index < -0.39 is 0 Å². The topological polar surface area (TPSA) is 15.3 Å². The maximum absolute atomic E-state index is 3.49. The van der Waals surface area contributed by atoms with Crippen molar-refractivity contribution in [2.24, 2.45) is 5.92 Å². The van der Waals surface area contributed by atoms with Gasteiger partial charge in [-0.15, -0.1) is 0 Å². The summed E-state index contributed by atoms with van der Waals surface area (Å²) in [6.07, 6.45) is 8.12. The lowest BCUT2D eigenvalue weighted by Crippen LogP contribution is -2.30. The first kappa shape index (κ1) is 18.9. The van der Waals surface area contributed by atoms with Crippen LogP contribution < -0.4 is 5.32 Å². The minimum Gasteiger partial charge on any atom is -0.315 e. The van der Waals surface area contributed by atoms with E-state index in [-0.39, 0.29) is 0 Å². The molecule has 0 aliphatic heterocycles. The molecule has 116 valence electrons. The van der Waals surface area contributed by atoms with Gasteiger partial charge in [0.15, 0.2) is 0 Å². The quantitative estimate of drug-likeness (QED) is 0.502. The highest BCUT2D eigenvalue weighted by atomic mass is 15.1. The summed E-state index contributed by atoms with van der Waals surface area (Å²) in [5, 5.41) is 3.49. The molecule has 0 radical (unpaired) electrons. The van der Waals surface area contributed by atoms with E-state index in [1.807, 2.05) is 0 Å². The number of unbranched alkanes of at least 4 members (excludes halogenated alkanes) is 3. The van der Waals surface area contributed by atoms with Crippen LogP contribution in [0.4, 0.5) is 0 Å². The fourth-order valence-electron chi connectivity index (χ4n) is 2.50. The largest absolute Gasteiger partial charge is 0.315 e. The highest BCUT2D eigenvalue weighted by Gasteiger charge is 2.09. The Kier molecular flexibility index (Phi) is 12.9. The van der Waals surface area contributed by atoms with E-state index in [1.165, 1.54) is 64.7 Å². The molecule has 0 amide bonds. The number of hydrogen-bond donors (Lipinski definition) is 1. The summed E-state index contributed by atoms with van der Waals surface area (Å²) < 4.78 is 0. The second-order valence-electron chi connectivity index (χ2n) is 6.10. The third-order valence-corrected chi connectivity index (χ3v) is 4.07. The van der Waals surface area contributed by atoms with Gasteiger partial charge in [0.05, 0.1) is 0 Å². The molecule has 0 saturated carbocycles. The minimum atomic E-state index is 0.635. The van der Waals surface area contributed by atoms with Crippen LogP contribution in [0.1, 0.15) is 73.1 Å². The van der Waals surface area contributed by atoms with Gasteiger partial charge in [0.2, 0.25) is 0 Å². The molecule has 0 heterocycles. The predicted octanol–water partition coefficient (Wildman–Crippen LogP) is 4.30. The zero-order valence-corrected chi connectivity index (χ0v) is 14.2. The van der Waals surface area contributed by atoms with Crippen LogP contribution in [0.5, 0.6) is 0 Å². The third-order valence-electron chi connectivity index (χ3n) is 4.07. The normalized spacial score (nSPS) is 12.0. The van der Waals surface area contributed by atoms with Gasteiger partial charge >= 0.3 is 0 Å². The van der Waals surface area contributed by atoms with Crippen molar-refractivity contribution in [3.8, 4) is 0 Å². The van der Waals surface area contributed by atoms with Crippen molar-refractivity contribution in [3.05, 3.63) is 0 Å². The Balaban J connectivity index is 3.50. The molecule has 0 atom stereocenters. The SMILES string of the molecule is CCC(CC)CN(CC)CCCCCCNC(C)C. The van der Waals surface area contributed by atoms with Crippen molar-refractivity contribution in [3.63, 3.8) is 0 Å². The molecule has 0 fully saturated rings. The van der Waals surface area contributed by atoms with E-state index in [0.717, 1.165) is 5.92 Å². The van der Waals surface area contributed by atoms with Crippen LogP contribution in [0.2, 0.25) is 0 Å². The van der Waals surface area contributed by atoms with E-state index in [9.17, 15) is 0 Å². The zero-order chi connectivity index (χ0) is 14.5. The smallest absolute Gasteiger partial charge is 0.00103 e. The molecule has 0 unspecified atom stereocenters. The molecule has 0 rings (SSSR count). The van der Waals surface area contributed by atoms with E-state index in [0.29, 0.717) is 6.04 Å². The van der Waals surface area contributed by atoms with Crippen molar-refractivity contribution < 1.29 is 0 Å². The monoisotopic (exact) mass is 270 g/mol. The Bertz CT molecular complexity index is 176. The Hall–Kier alpha value is -0.0800. The van der Waals surface area contributed by atoms with Gasteiger partial charge < -0.3 is 10.2 Å². The molecule has 1 N–H and O–H groups in total. The maximum Gasteiger partial charge on any atom is 0.00103 e. The predicted molar refractivity (Wildman–Crippen MR) is 87.8 cm³/mol. The Morgan fingerprint density at radius 3 is 2.05 bits per heavy atom. The van der Waals surface area contributed by atoms with Gasteiger partial charge in [0.25, 0.3) is 0 Å². The van der Waals surface area contributed by atoms with Gasteiger partial charge in [-0.3, -0.25) is 0 Å². The van der Waals surface area contributed by atoms with Crippen LogP contribution in [0.25, 0.3) is 0 Å². The molecular weight excluding hydrogens is 232 g/mol. The summed E-state index contributed by atoms with van der Waals surface area (Å²) in [7, 11) is 0. The van der Waals surface area contributed by atoms with Gasteiger partial charge in [-0.2, -0.15) is 0 Å². The molecule has 0 saturated heterocycles. The Morgan fingerprint density at radius 1 is 0.895 bits per heavy atom. The molecular formula is C17H38N2. The number of rotatable bonds is 13. The summed E-state index contributed by atoms with van der Waals surface area (Å²) in [6, 6.07) is 0.635. The summed E-state index contributed by atoms with van der Waals surface area (Å²) in [4.78, 5) is 2.64. The van der Waals surface area contributed by atoms with Gasteiger partial charge in [-0.1, -0.05) is 60.3 Å². The maximum atomic E-state index is 3.49. The number of nitrogens with one attached hydrogen (secondary N) is 1. The van der Waals surface area contributed by atoms with Gasteiger partial charge in [0, 0.05) is 12.6 Å². The van der Waals surface area contributed by atoms with Gasteiger partial charge in [-0.05, 0) is 38.4 Å². The van der Waals surface area contributed by atoms with Crippen LogP contribution in [0.15, 0.2) is 0 Å². The summed E-state index contributed by atoms with van der Waals surface area (Å²) in [6.45, 7) is 16.4. The molecule has 0 aromatic carbocycles. The van der Waals surface area contributed by atoms with E-state index in [1.54, 1.807) is 0 Å². The van der Waals surface area contributed by atoms with Gasteiger partial charge in [-0.25, -0.2) is 0 Å². The lowest BCUT2D eigenvalue weighted by atomic mass is 10.0. The molecule has 2 heteroatoms. The highest BCUT2D eigenvalue weighted by molar-refractivity contribution is 4.63. The second-order valence-corrected chi connectivity index (χ2v) is 6.10. The van der Waals surface area contributed by atoms with Crippen molar-refractivity contribution in [2.45, 2.75) is 79.2 Å². The second kappa shape index (κ2) is 12.9. The fourth-order valence-corrected chi connectivity index (χ4v) is 2.50. The lowest BCUT2D eigenvalue weighted by Gasteiger charge is -2.25. The first-order chi connectivity index (χ1) is 9.13. The summed E-state index contributed by atoms with van der Waals surface area (Å²) >= 11 is 0. The van der Waals surface area contributed by atoms with E-state index in [4.69, 9.17) is 0 Å². The molecule has 0 aromatic heterocycles. The van der Waals surface area contributed by atoms with Crippen LogP contribution >= 0.6 is 0 Å². The Labute approximate surface area is 122 Å². The van der Waals surface area contributed by atoms with Crippen LogP contribution in [-0.4, -0.2) is 37.1 Å². The van der Waals surface area contributed by atoms with Gasteiger partial charge in [0.1, 0.15) is 0 Å². The molecule has 0 aromatic rings. The molecule has 0 bridgehead atoms. The highest BCUT2D eigenvalue weighted by Crippen LogP contribution is 2.11. The van der Waals surface area contributed by atoms with E-state index >= 15 is 0 Å². The third kappa shape index (κ3) is 11.4. The Morgan fingerprint density at radius 2 is 1.53 bits per heavy atom.